The number of primary amides is 1. The molecule has 0 radical (unpaired) electrons. The highest BCUT2D eigenvalue weighted by Gasteiger charge is 2.31. The highest BCUT2D eigenvalue weighted by molar-refractivity contribution is 6.32. The van der Waals surface area contributed by atoms with E-state index in [1.165, 1.54) is 0 Å². The van der Waals surface area contributed by atoms with Crippen molar-refractivity contribution in [2.75, 3.05) is 26.1 Å². The van der Waals surface area contributed by atoms with Gasteiger partial charge in [0.2, 0.25) is 5.91 Å². The van der Waals surface area contributed by atoms with Gasteiger partial charge in [-0.25, -0.2) is 0 Å². The molecule has 0 aromatic heterocycles. The number of carbonyl (C=O) groups is 2. The number of fused-ring (bicyclic) bond motifs is 1. The van der Waals surface area contributed by atoms with Crippen LogP contribution in [0.2, 0.25) is 5.02 Å². The summed E-state index contributed by atoms with van der Waals surface area (Å²) in [5.74, 6) is 0.581. The number of benzene rings is 2. The lowest BCUT2D eigenvalue weighted by Gasteiger charge is -2.28. The molecule has 1 unspecified atom stereocenters. The van der Waals surface area contributed by atoms with E-state index in [4.69, 9.17) is 31.5 Å². The van der Waals surface area contributed by atoms with E-state index in [-0.39, 0.29) is 24.9 Å². The Kier molecular flexibility index (Phi) is 5.41. The van der Waals surface area contributed by atoms with Crippen molar-refractivity contribution in [3.8, 4) is 17.2 Å². The monoisotopic (exact) mass is 390 g/mol. The van der Waals surface area contributed by atoms with E-state index in [2.05, 4.69) is 5.32 Å². The van der Waals surface area contributed by atoms with Crippen molar-refractivity contribution in [1.82, 2.24) is 0 Å². The minimum absolute atomic E-state index is 0.118. The van der Waals surface area contributed by atoms with Gasteiger partial charge < -0.3 is 25.3 Å². The first-order chi connectivity index (χ1) is 12.9. The summed E-state index contributed by atoms with van der Waals surface area (Å²) in [6.45, 7) is -0.263. The molecule has 0 saturated carbocycles. The number of methoxy groups -OCH3 is 2. The molecule has 3 N–H and O–H groups in total. The first kappa shape index (κ1) is 18.8. The van der Waals surface area contributed by atoms with E-state index >= 15 is 0 Å². The molecule has 1 aliphatic heterocycles. The number of nitrogens with two attached hydrogens (primary N) is 1. The van der Waals surface area contributed by atoms with Gasteiger partial charge in [-0.2, -0.15) is 0 Å². The van der Waals surface area contributed by atoms with Crippen LogP contribution < -0.4 is 25.3 Å². The maximum atomic E-state index is 12.2. The van der Waals surface area contributed by atoms with E-state index in [1.54, 1.807) is 44.6 Å². The molecule has 8 heteroatoms. The zero-order valence-corrected chi connectivity index (χ0v) is 15.6. The van der Waals surface area contributed by atoms with Crippen LogP contribution in [0.3, 0.4) is 0 Å². The molecule has 0 fully saturated rings. The molecule has 1 aliphatic rings. The average Bonchev–Trinajstić information content (AvgIpc) is 2.64. The van der Waals surface area contributed by atoms with Gasteiger partial charge in [0.25, 0.3) is 5.91 Å². The van der Waals surface area contributed by atoms with Crippen LogP contribution in [0, 0.1) is 0 Å². The molecule has 1 heterocycles. The van der Waals surface area contributed by atoms with E-state index in [9.17, 15) is 9.59 Å². The van der Waals surface area contributed by atoms with E-state index in [0.29, 0.717) is 28.0 Å². The van der Waals surface area contributed by atoms with E-state index < -0.39 is 5.91 Å². The van der Waals surface area contributed by atoms with Gasteiger partial charge in [-0.05, 0) is 17.7 Å². The fourth-order valence-electron chi connectivity index (χ4n) is 3.12. The number of hydrogen-bond acceptors (Lipinski definition) is 5. The number of carbonyl (C=O) groups excluding carboxylic acids is 2. The van der Waals surface area contributed by atoms with Crippen molar-refractivity contribution in [1.29, 1.82) is 0 Å². The number of rotatable bonds is 6. The Morgan fingerprint density at radius 1 is 1.22 bits per heavy atom. The Labute approximate surface area is 161 Å². The number of hydrogen-bond donors (Lipinski definition) is 2. The van der Waals surface area contributed by atoms with E-state index in [0.717, 1.165) is 11.1 Å². The molecule has 0 saturated heterocycles. The first-order valence-corrected chi connectivity index (χ1v) is 8.57. The number of amides is 2. The number of anilines is 1. The van der Waals surface area contributed by atoms with Gasteiger partial charge in [0.15, 0.2) is 6.61 Å². The van der Waals surface area contributed by atoms with Gasteiger partial charge in [0.1, 0.15) is 17.2 Å². The zero-order chi connectivity index (χ0) is 19.6. The fraction of sp³-hybridized carbons (Fsp3) is 0.263. The predicted molar refractivity (Wildman–Crippen MR) is 101 cm³/mol. The minimum Gasteiger partial charge on any atom is -0.497 e. The van der Waals surface area contributed by atoms with Crippen molar-refractivity contribution < 1.29 is 23.8 Å². The van der Waals surface area contributed by atoms with Crippen LogP contribution in [0.5, 0.6) is 17.2 Å². The van der Waals surface area contributed by atoms with Crippen LogP contribution in [0.4, 0.5) is 5.69 Å². The SMILES string of the molecule is COc1cc2c(c(OC)c1)C(c1ccc(OCC(N)=O)c(Cl)c1)CC(=O)N2. The largest absolute Gasteiger partial charge is 0.497 e. The Balaban J connectivity index is 2.02. The standard InChI is InChI=1S/C19H19ClN2O5/c1-25-11-6-14-19(16(7-11)26-2)12(8-18(24)22-14)10-3-4-15(13(20)5-10)27-9-17(21)23/h3-7,12H,8-9H2,1-2H3,(H2,21,23)(H,22,24). The van der Waals surface area contributed by atoms with Crippen molar-refractivity contribution in [3.05, 3.63) is 46.5 Å². The molecule has 2 aromatic carbocycles. The van der Waals surface area contributed by atoms with Crippen LogP contribution in [-0.4, -0.2) is 32.6 Å². The minimum atomic E-state index is -0.591. The maximum absolute atomic E-state index is 12.2. The third-order valence-corrected chi connectivity index (χ3v) is 4.61. The molecule has 27 heavy (non-hydrogen) atoms. The molecule has 2 aromatic rings. The summed E-state index contributed by atoms with van der Waals surface area (Å²) in [7, 11) is 3.12. The van der Waals surface area contributed by atoms with Crippen LogP contribution in [0.15, 0.2) is 30.3 Å². The fourth-order valence-corrected chi connectivity index (χ4v) is 3.37. The summed E-state index contributed by atoms with van der Waals surface area (Å²) in [5, 5.41) is 3.19. The van der Waals surface area contributed by atoms with Crippen molar-refractivity contribution in [2.45, 2.75) is 12.3 Å². The lowest BCUT2D eigenvalue weighted by atomic mass is 9.84. The zero-order valence-electron chi connectivity index (χ0n) is 14.9. The smallest absolute Gasteiger partial charge is 0.255 e. The quantitative estimate of drug-likeness (QED) is 0.789. The summed E-state index contributed by atoms with van der Waals surface area (Å²) in [5.41, 5.74) is 7.39. The summed E-state index contributed by atoms with van der Waals surface area (Å²) in [4.78, 5) is 23.1. The van der Waals surface area contributed by atoms with Gasteiger partial charge in [0.05, 0.1) is 24.9 Å². The lowest BCUT2D eigenvalue weighted by molar-refractivity contribution is -0.120. The molecule has 2 amide bonds. The van der Waals surface area contributed by atoms with Gasteiger partial charge in [0, 0.05) is 30.0 Å². The molecular formula is C19H19ClN2O5. The maximum Gasteiger partial charge on any atom is 0.255 e. The number of ether oxygens (including phenoxy) is 3. The molecule has 0 bridgehead atoms. The Morgan fingerprint density at radius 3 is 2.63 bits per heavy atom. The normalized spacial score (nSPS) is 15.5. The second-order valence-corrected chi connectivity index (χ2v) is 6.45. The van der Waals surface area contributed by atoms with Crippen molar-refractivity contribution in [2.24, 2.45) is 5.73 Å². The molecular weight excluding hydrogens is 372 g/mol. The summed E-state index contributed by atoms with van der Waals surface area (Å²) < 4.78 is 16.1. The molecule has 7 nitrogen and oxygen atoms in total. The molecule has 1 atom stereocenters. The molecule has 0 spiro atoms. The highest BCUT2D eigenvalue weighted by atomic mass is 35.5. The molecule has 3 rings (SSSR count). The highest BCUT2D eigenvalue weighted by Crippen LogP contribution is 2.45. The second-order valence-electron chi connectivity index (χ2n) is 6.04. The van der Waals surface area contributed by atoms with Gasteiger partial charge in [-0.3, -0.25) is 9.59 Å². The first-order valence-electron chi connectivity index (χ1n) is 8.19. The van der Waals surface area contributed by atoms with Crippen LogP contribution in [0.25, 0.3) is 0 Å². The summed E-state index contributed by atoms with van der Waals surface area (Å²) in [6.07, 6.45) is 0.244. The Bertz CT molecular complexity index is 900. The Hall–Kier alpha value is -2.93. The third-order valence-electron chi connectivity index (χ3n) is 4.31. The summed E-state index contributed by atoms with van der Waals surface area (Å²) in [6, 6.07) is 8.71. The van der Waals surface area contributed by atoms with Gasteiger partial charge in [-0.15, -0.1) is 0 Å². The molecule has 0 aliphatic carbocycles. The van der Waals surface area contributed by atoms with Crippen molar-refractivity contribution >= 4 is 29.1 Å². The van der Waals surface area contributed by atoms with E-state index in [1.807, 2.05) is 0 Å². The third kappa shape index (κ3) is 3.93. The van der Waals surface area contributed by atoms with Crippen LogP contribution in [-0.2, 0) is 9.59 Å². The topological polar surface area (TPSA) is 99.9 Å². The van der Waals surface area contributed by atoms with Gasteiger partial charge in [-0.1, -0.05) is 17.7 Å². The second kappa shape index (κ2) is 7.75. The number of halogens is 1. The molecule has 142 valence electrons. The Morgan fingerprint density at radius 2 is 2.00 bits per heavy atom. The van der Waals surface area contributed by atoms with Crippen molar-refractivity contribution in [3.63, 3.8) is 0 Å². The number of nitrogens with one attached hydrogen (secondary N) is 1. The van der Waals surface area contributed by atoms with Gasteiger partial charge >= 0.3 is 0 Å². The van der Waals surface area contributed by atoms with Crippen LogP contribution in [0.1, 0.15) is 23.5 Å². The lowest BCUT2D eigenvalue weighted by Crippen LogP contribution is -2.24. The predicted octanol–water partition coefficient (Wildman–Crippen LogP) is 2.70. The van der Waals surface area contributed by atoms with Crippen LogP contribution >= 0.6 is 11.6 Å². The average molecular weight is 391 g/mol. The summed E-state index contributed by atoms with van der Waals surface area (Å²) >= 11 is 6.29.